The van der Waals surface area contributed by atoms with Gasteiger partial charge in [0.1, 0.15) is 17.7 Å². The van der Waals surface area contributed by atoms with E-state index in [1.807, 2.05) is 30.3 Å². The first kappa shape index (κ1) is 21.4. The number of aliphatic hydroxyl groups is 1. The summed E-state index contributed by atoms with van der Waals surface area (Å²) in [5.74, 6) is 0.192. The molecule has 0 bridgehead atoms. The maximum absolute atomic E-state index is 9.92. The van der Waals surface area contributed by atoms with E-state index < -0.39 is 6.04 Å². The number of benzene rings is 2. The predicted octanol–water partition coefficient (Wildman–Crippen LogP) is 3.33. The highest BCUT2D eigenvalue weighted by molar-refractivity contribution is 6.31. The summed E-state index contributed by atoms with van der Waals surface area (Å²) in [7, 11) is 1.67. The van der Waals surface area contributed by atoms with E-state index in [1.165, 1.54) is 11.1 Å². The maximum Gasteiger partial charge on any atom is 0.134 e. The third-order valence-corrected chi connectivity index (χ3v) is 4.99. The molecule has 30 heavy (non-hydrogen) atoms. The van der Waals surface area contributed by atoms with Crippen molar-refractivity contribution < 1.29 is 5.11 Å². The zero-order valence-corrected chi connectivity index (χ0v) is 17.5. The van der Waals surface area contributed by atoms with Crippen LogP contribution in [0.25, 0.3) is 5.57 Å². The Morgan fingerprint density at radius 3 is 2.57 bits per heavy atom. The van der Waals surface area contributed by atoms with Crippen molar-refractivity contribution in [3.8, 4) is 0 Å². The SMILES string of the molecule is CN=CC(=CN)c1ccc2c(c1)C(c1ccc(Cl)cc1)=N[C@@H](CO)C(=N)N2C(C)=N. The van der Waals surface area contributed by atoms with Gasteiger partial charge < -0.3 is 10.8 Å². The molecule has 1 heterocycles. The summed E-state index contributed by atoms with van der Waals surface area (Å²) in [6.07, 6.45) is 3.14. The molecule has 7 nitrogen and oxygen atoms in total. The van der Waals surface area contributed by atoms with Crippen molar-refractivity contribution >= 4 is 46.5 Å². The van der Waals surface area contributed by atoms with Crippen molar-refractivity contribution in [2.45, 2.75) is 13.0 Å². The molecular formula is C22H23ClN6O. The van der Waals surface area contributed by atoms with Crippen LogP contribution in [-0.4, -0.2) is 48.4 Å². The second-order valence-electron chi connectivity index (χ2n) is 6.73. The normalized spacial score (nSPS) is 17.0. The molecule has 0 aromatic heterocycles. The molecular weight excluding hydrogens is 400 g/mol. The Kier molecular flexibility index (Phi) is 6.44. The van der Waals surface area contributed by atoms with Crippen LogP contribution in [-0.2, 0) is 0 Å². The number of nitrogens with one attached hydrogen (secondary N) is 2. The molecule has 0 unspecified atom stereocenters. The van der Waals surface area contributed by atoms with E-state index in [1.54, 1.807) is 32.3 Å². The van der Waals surface area contributed by atoms with Gasteiger partial charge >= 0.3 is 0 Å². The second-order valence-corrected chi connectivity index (χ2v) is 7.17. The Labute approximate surface area is 180 Å². The van der Waals surface area contributed by atoms with Crippen LogP contribution in [0.15, 0.2) is 58.6 Å². The number of nitrogens with zero attached hydrogens (tertiary/aromatic N) is 3. The number of aliphatic hydroxyl groups excluding tert-OH is 1. The number of halogens is 1. The minimum Gasteiger partial charge on any atom is -0.404 e. The lowest BCUT2D eigenvalue weighted by Crippen LogP contribution is -2.41. The van der Waals surface area contributed by atoms with Gasteiger partial charge in [-0.1, -0.05) is 29.8 Å². The van der Waals surface area contributed by atoms with Crippen molar-refractivity contribution in [1.82, 2.24) is 0 Å². The van der Waals surface area contributed by atoms with E-state index in [9.17, 15) is 5.11 Å². The third kappa shape index (κ3) is 4.03. The smallest absolute Gasteiger partial charge is 0.134 e. The summed E-state index contributed by atoms with van der Waals surface area (Å²) in [6.45, 7) is 1.25. The number of anilines is 1. The number of hydrogen-bond donors (Lipinski definition) is 4. The highest BCUT2D eigenvalue weighted by Gasteiger charge is 2.30. The summed E-state index contributed by atoms with van der Waals surface area (Å²) in [5.41, 5.74) is 10.1. The maximum atomic E-state index is 9.92. The first-order valence-electron chi connectivity index (χ1n) is 9.28. The lowest BCUT2D eigenvalue weighted by molar-refractivity contribution is 0.290. The van der Waals surface area contributed by atoms with Gasteiger partial charge in [0.25, 0.3) is 0 Å². The summed E-state index contributed by atoms with van der Waals surface area (Å²) in [5, 5.41) is 27.3. The average molecular weight is 423 g/mol. The molecule has 0 saturated heterocycles. The molecule has 1 aliphatic heterocycles. The summed E-state index contributed by atoms with van der Waals surface area (Å²) >= 11 is 6.06. The molecule has 0 fully saturated rings. The molecule has 154 valence electrons. The van der Waals surface area contributed by atoms with Crippen LogP contribution in [0, 0.1) is 10.8 Å². The topological polar surface area (TPSA) is 122 Å². The fourth-order valence-electron chi connectivity index (χ4n) is 3.34. The minimum atomic E-state index is -0.812. The molecule has 0 amide bonds. The van der Waals surface area contributed by atoms with E-state index in [2.05, 4.69) is 4.99 Å². The molecule has 2 aromatic carbocycles. The average Bonchev–Trinajstić information content (AvgIpc) is 2.86. The second kappa shape index (κ2) is 9.02. The zero-order valence-electron chi connectivity index (χ0n) is 16.7. The van der Waals surface area contributed by atoms with Crippen molar-refractivity contribution in [3.05, 3.63) is 70.4 Å². The van der Waals surface area contributed by atoms with Gasteiger partial charge in [0.05, 0.1) is 18.0 Å². The molecule has 5 N–H and O–H groups in total. The van der Waals surface area contributed by atoms with Gasteiger partial charge in [0.15, 0.2) is 0 Å². The standard InChI is InChI=1S/C22H23ClN6O/c1-13(25)29-20-8-5-15(16(10-24)11-27-2)9-18(20)21(28-19(12-30)22(29)26)14-3-6-17(23)7-4-14/h3-11,19,25-26,30H,12,24H2,1-2H3/t19-/m0/s1. The summed E-state index contributed by atoms with van der Waals surface area (Å²) < 4.78 is 0. The van der Waals surface area contributed by atoms with E-state index in [0.717, 1.165) is 16.7 Å². The van der Waals surface area contributed by atoms with Crippen LogP contribution in [0.2, 0.25) is 5.02 Å². The van der Waals surface area contributed by atoms with Crippen LogP contribution in [0.4, 0.5) is 5.69 Å². The van der Waals surface area contributed by atoms with Gasteiger partial charge in [-0.3, -0.25) is 25.7 Å². The number of rotatable bonds is 4. The number of fused-ring (bicyclic) bond motifs is 1. The fourth-order valence-corrected chi connectivity index (χ4v) is 3.47. The highest BCUT2D eigenvalue weighted by Crippen LogP contribution is 2.32. The van der Waals surface area contributed by atoms with Crippen molar-refractivity contribution in [3.63, 3.8) is 0 Å². The van der Waals surface area contributed by atoms with Gasteiger partial charge in [-0.15, -0.1) is 0 Å². The number of nitrogens with two attached hydrogens (primary N) is 1. The summed E-state index contributed by atoms with van der Waals surface area (Å²) in [6, 6.07) is 12.0. The van der Waals surface area contributed by atoms with Gasteiger partial charge in [0, 0.05) is 41.2 Å². The highest BCUT2D eigenvalue weighted by atomic mass is 35.5. The van der Waals surface area contributed by atoms with Crippen LogP contribution in [0.3, 0.4) is 0 Å². The van der Waals surface area contributed by atoms with E-state index in [-0.39, 0.29) is 18.3 Å². The Bertz CT molecular complexity index is 1070. The number of aliphatic imine (C=N–C) groups is 2. The van der Waals surface area contributed by atoms with Gasteiger partial charge in [-0.05, 0) is 36.8 Å². The van der Waals surface area contributed by atoms with Gasteiger partial charge in [0.2, 0.25) is 0 Å². The number of allylic oxidation sites excluding steroid dienone is 1. The van der Waals surface area contributed by atoms with Crippen LogP contribution < -0.4 is 10.6 Å². The summed E-state index contributed by atoms with van der Waals surface area (Å²) in [4.78, 5) is 10.2. The number of benzodiazepines with no additional fused rings is 1. The quantitative estimate of drug-likeness (QED) is 0.446. The molecule has 0 saturated carbocycles. The van der Waals surface area contributed by atoms with Crippen molar-refractivity contribution in [2.75, 3.05) is 18.6 Å². The minimum absolute atomic E-state index is 0.0349. The predicted molar refractivity (Wildman–Crippen MR) is 125 cm³/mol. The van der Waals surface area contributed by atoms with Gasteiger partial charge in [-0.25, -0.2) is 0 Å². The Morgan fingerprint density at radius 2 is 2.00 bits per heavy atom. The van der Waals surface area contributed by atoms with Crippen LogP contribution in [0.1, 0.15) is 23.6 Å². The Hall–Kier alpha value is -3.29. The van der Waals surface area contributed by atoms with E-state index in [0.29, 0.717) is 22.0 Å². The lowest BCUT2D eigenvalue weighted by atomic mass is 9.96. The van der Waals surface area contributed by atoms with Crippen molar-refractivity contribution in [1.29, 1.82) is 10.8 Å². The molecule has 1 aliphatic rings. The molecule has 0 radical (unpaired) electrons. The number of amidine groups is 2. The molecule has 8 heteroatoms. The number of hydrogen-bond acceptors (Lipinski definition) is 6. The monoisotopic (exact) mass is 422 g/mol. The lowest BCUT2D eigenvalue weighted by Gasteiger charge is -2.26. The first-order valence-corrected chi connectivity index (χ1v) is 9.66. The largest absolute Gasteiger partial charge is 0.404 e. The van der Waals surface area contributed by atoms with Crippen molar-refractivity contribution in [2.24, 2.45) is 15.7 Å². The molecule has 0 spiro atoms. The zero-order chi connectivity index (χ0) is 21.8. The van der Waals surface area contributed by atoms with Crippen LogP contribution >= 0.6 is 11.6 Å². The Balaban J connectivity index is 2.33. The molecule has 3 rings (SSSR count). The van der Waals surface area contributed by atoms with Crippen LogP contribution in [0.5, 0.6) is 0 Å². The Morgan fingerprint density at radius 1 is 1.30 bits per heavy atom. The molecule has 2 aromatic rings. The fraction of sp³-hybridized carbons (Fsp3) is 0.182. The first-order chi connectivity index (χ1) is 14.4. The third-order valence-electron chi connectivity index (χ3n) is 4.74. The molecule has 0 aliphatic carbocycles. The molecule has 1 atom stereocenters. The van der Waals surface area contributed by atoms with E-state index in [4.69, 9.17) is 33.1 Å². The van der Waals surface area contributed by atoms with Gasteiger partial charge in [-0.2, -0.15) is 0 Å². The van der Waals surface area contributed by atoms with E-state index >= 15 is 0 Å².